The lowest BCUT2D eigenvalue weighted by Gasteiger charge is -2.43. The minimum Gasteiger partial charge on any atom is -0.374 e. The molecule has 2 rings (SSSR count). The van der Waals surface area contributed by atoms with Crippen LogP contribution < -0.4 is 5.73 Å². The molecule has 0 bridgehead atoms. The van der Waals surface area contributed by atoms with Crippen LogP contribution >= 0.6 is 0 Å². The highest BCUT2D eigenvalue weighted by Crippen LogP contribution is 2.31. The van der Waals surface area contributed by atoms with Crippen molar-refractivity contribution in [2.75, 3.05) is 19.7 Å². The molecule has 3 nitrogen and oxygen atoms in total. The van der Waals surface area contributed by atoms with Crippen LogP contribution in [0.2, 0.25) is 0 Å². The van der Waals surface area contributed by atoms with Crippen molar-refractivity contribution in [1.29, 1.82) is 0 Å². The van der Waals surface area contributed by atoms with Gasteiger partial charge in [-0.25, -0.2) is 8.78 Å². The quantitative estimate of drug-likeness (QED) is 0.914. The Kier molecular flexibility index (Phi) is 4.50. The van der Waals surface area contributed by atoms with Gasteiger partial charge < -0.3 is 10.5 Å². The van der Waals surface area contributed by atoms with E-state index in [-0.39, 0.29) is 18.2 Å². The molecule has 0 radical (unpaired) electrons. The zero-order chi connectivity index (χ0) is 14.0. The molecule has 2 atom stereocenters. The number of ether oxygens (including phenoxy) is 1. The second-order valence-electron chi connectivity index (χ2n) is 5.12. The van der Waals surface area contributed by atoms with E-state index in [1.807, 2.05) is 0 Å². The third-order valence-corrected chi connectivity index (χ3v) is 3.51. The molecule has 0 aromatic heterocycles. The van der Waals surface area contributed by atoms with Crippen LogP contribution in [0.4, 0.5) is 8.78 Å². The molecular formula is C14H20F2N2O. The van der Waals surface area contributed by atoms with E-state index >= 15 is 0 Å². The molecule has 0 saturated carbocycles. The number of nitrogens with zero attached hydrogens (tertiary/aromatic N) is 1. The largest absolute Gasteiger partial charge is 0.374 e. The Morgan fingerprint density at radius 2 is 1.95 bits per heavy atom. The lowest BCUT2D eigenvalue weighted by Crippen LogP contribution is -2.50. The summed E-state index contributed by atoms with van der Waals surface area (Å²) >= 11 is 0. The second kappa shape index (κ2) is 5.94. The molecular weight excluding hydrogens is 250 g/mol. The standard InChI is InChI=1S/C14H20F2N2O/c1-9(2)18-3-4-19-13(8-17)14(18)10-5-11(15)7-12(16)6-10/h5-7,9,13-14H,3-4,8,17H2,1-2H3. The Morgan fingerprint density at radius 3 is 2.47 bits per heavy atom. The summed E-state index contributed by atoms with van der Waals surface area (Å²) in [6.07, 6.45) is -0.239. The van der Waals surface area contributed by atoms with E-state index in [4.69, 9.17) is 10.5 Å². The van der Waals surface area contributed by atoms with Crippen LogP contribution in [0.15, 0.2) is 18.2 Å². The fourth-order valence-corrected chi connectivity index (χ4v) is 2.68. The van der Waals surface area contributed by atoms with E-state index in [0.717, 1.165) is 12.6 Å². The van der Waals surface area contributed by atoms with Crippen molar-refractivity contribution in [2.24, 2.45) is 5.73 Å². The molecule has 1 aromatic rings. The van der Waals surface area contributed by atoms with Gasteiger partial charge in [0, 0.05) is 25.2 Å². The summed E-state index contributed by atoms with van der Waals surface area (Å²) in [6.45, 7) is 5.76. The van der Waals surface area contributed by atoms with Crippen molar-refractivity contribution < 1.29 is 13.5 Å². The summed E-state index contributed by atoms with van der Waals surface area (Å²) in [5, 5.41) is 0. The molecule has 19 heavy (non-hydrogen) atoms. The van der Waals surface area contributed by atoms with Crippen molar-refractivity contribution in [3.05, 3.63) is 35.4 Å². The Balaban J connectivity index is 2.39. The van der Waals surface area contributed by atoms with Gasteiger partial charge in [-0.3, -0.25) is 4.90 Å². The molecule has 2 unspecified atom stereocenters. The van der Waals surface area contributed by atoms with Gasteiger partial charge >= 0.3 is 0 Å². The van der Waals surface area contributed by atoms with Crippen LogP contribution in [-0.2, 0) is 4.74 Å². The summed E-state index contributed by atoms with van der Waals surface area (Å²) < 4.78 is 32.5. The lowest BCUT2D eigenvalue weighted by atomic mass is 9.96. The third-order valence-electron chi connectivity index (χ3n) is 3.51. The van der Waals surface area contributed by atoms with Gasteiger partial charge in [0.25, 0.3) is 0 Å². The second-order valence-corrected chi connectivity index (χ2v) is 5.12. The fourth-order valence-electron chi connectivity index (χ4n) is 2.68. The maximum absolute atomic E-state index is 13.4. The zero-order valence-electron chi connectivity index (χ0n) is 11.3. The Hall–Kier alpha value is -1.04. The van der Waals surface area contributed by atoms with E-state index in [1.165, 1.54) is 12.1 Å². The smallest absolute Gasteiger partial charge is 0.126 e. The highest BCUT2D eigenvalue weighted by atomic mass is 19.1. The monoisotopic (exact) mass is 270 g/mol. The highest BCUT2D eigenvalue weighted by molar-refractivity contribution is 5.23. The van der Waals surface area contributed by atoms with Crippen molar-refractivity contribution in [1.82, 2.24) is 4.90 Å². The van der Waals surface area contributed by atoms with Crippen molar-refractivity contribution in [3.8, 4) is 0 Å². The molecule has 0 aliphatic carbocycles. The molecule has 1 saturated heterocycles. The molecule has 0 amide bonds. The number of nitrogens with two attached hydrogens (primary N) is 1. The Bertz CT molecular complexity index is 419. The first-order valence-electron chi connectivity index (χ1n) is 6.56. The fraction of sp³-hybridized carbons (Fsp3) is 0.571. The van der Waals surface area contributed by atoms with E-state index in [0.29, 0.717) is 18.7 Å². The molecule has 1 aromatic carbocycles. The third kappa shape index (κ3) is 3.11. The molecule has 106 valence electrons. The van der Waals surface area contributed by atoms with Crippen LogP contribution in [-0.4, -0.2) is 36.7 Å². The van der Waals surface area contributed by atoms with Gasteiger partial charge in [-0.05, 0) is 31.5 Å². The number of hydrogen-bond acceptors (Lipinski definition) is 3. The molecule has 5 heteroatoms. The van der Waals surface area contributed by atoms with Gasteiger partial charge in [-0.15, -0.1) is 0 Å². The average molecular weight is 270 g/mol. The Morgan fingerprint density at radius 1 is 1.32 bits per heavy atom. The maximum Gasteiger partial charge on any atom is 0.126 e. The number of benzene rings is 1. The number of hydrogen-bond donors (Lipinski definition) is 1. The molecule has 0 spiro atoms. The van der Waals surface area contributed by atoms with Gasteiger partial charge in [0.15, 0.2) is 0 Å². The molecule has 1 aliphatic heterocycles. The van der Waals surface area contributed by atoms with E-state index in [2.05, 4.69) is 18.7 Å². The first-order valence-corrected chi connectivity index (χ1v) is 6.56. The summed E-state index contributed by atoms with van der Waals surface area (Å²) in [5.41, 5.74) is 6.31. The lowest BCUT2D eigenvalue weighted by molar-refractivity contribution is -0.0790. The van der Waals surface area contributed by atoms with Crippen molar-refractivity contribution in [3.63, 3.8) is 0 Å². The van der Waals surface area contributed by atoms with Gasteiger partial charge in [-0.2, -0.15) is 0 Å². The summed E-state index contributed by atoms with van der Waals surface area (Å²) in [4.78, 5) is 2.18. The molecule has 2 N–H and O–H groups in total. The van der Waals surface area contributed by atoms with E-state index in [9.17, 15) is 8.78 Å². The predicted octanol–water partition coefficient (Wildman–Crippen LogP) is 2.07. The first-order chi connectivity index (χ1) is 9.02. The molecule has 1 aliphatic rings. The maximum atomic E-state index is 13.4. The molecule has 1 heterocycles. The van der Waals surface area contributed by atoms with E-state index < -0.39 is 11.6 Å². The van der Waals surface area contributed by atoms with Gasteiger partial charge in [0.05, 0.1) is 18.8 Å². The van der Waals surface area contributed by atoms with Crippen LogP contribution in [0.1, 0.15) is 25.5 Å². The first kappa shape index (κ1) is 14.4. The SMILES string of the molecule is CC(C)N1CCOC(CN)C1c1cc(F)cc(F)c1. The van der Waals surface area contributed by atoms with Crippen LogP contribution in [0.3, 0.4) is 0 Å². The summed E-state index contributed by atoms with van der Waals surface area (Å²) in [5.74, 6) is -1.14. The molecule has 1 fully saturated rings. The van der Waals surface area contributed by atoms with Crippen molar-refractivity contribution >= 4 is 0 Å². The van der Waals surface area contributed by atoms with Crippen LogP contribution in [0.25, 0.3) is 0 Å². The van der Waals surface area contributed by atoms with Gasteiger partial charge in [0.1, 0.15) is 11.6 Å². The van der Waals surface area contributed by atoms with Gasteiger partial charge in [-0.1, -0.05) is 0 Å². The summed E-state index contributed by atoms with van der Waals surface area (Å²) in [6, 6.07) is 3.66. The van der Waals surface area contributed by atoms with Gasteiger partial charge in [0.2, 0.25) is 0 Å². The minimum absolute atomic E-state index is 0.205. The number of halogens is 2. The average Bonchev–Trinajstić information content (AvgIpc) is 2.36. The Labute approximate surface area is 112 Å². The predicted molar refractivity (Wildman–Crippen MR) is 69.7 cm³/mol. The van der Waals surface area contributed by atoms with E-state index in [1.54, 1.807) is 0 Å². The topological polar surface area (TPSA) is 38.5 Å². The normalized spacial score (nSPS) is 24.9. The van der Waals surface area contributed by atoms with Crippen LogP contribution in [0, 0.1) is 11.6 Å². The highest BCUT2D eigenvalue weighted by Gasteiger charge is 2.34. The van der Waals surface area contributed by atoms with Crippen molar-refractivity contribution in [2.45, 2.75) is 32.0 Å². The van der Waals surface area contributed by atoms with Crippen LogP contribution in [0.5, 0.6) is 0 Å². The zero-order valence-corrected chi connectivity index (χ0v) is 11.3. The number of rotatable bonds is 3. The summed E-state index contributed by atoms with van der Waals surface area (Å²) in [7, 11) is 0. The number of morpholine rings is 1. The minimum atomic E-state index is -0.569.